The van der Waals surface area contributed by atoms with Gasteiger partial charge in [0.15, 0.2) is 0 Å². The van der Waals surface area contributed by atoms with Gasteiger partial charge in [0.25, 0.3) is 0 Å². The molecule has 96 valence electrons. The van der Waals surface area contributed by atoms with E-state index in [1.54, 1.807) is 11.3 Å². The Morgan fingerprint density at radius 3 is 2.94 bits per heavy atom. The minimum atomic E-state index is 0.689. The first-order valence-electron chi connectivity index (χ1n) is 6.15. The summed E-state index contributed by atoms with van der Waals surface area (Å²) in [5.74, 6) is 0.689. The maximum atomic E-state index is 3.50. The van der Waals surface area contributed by atoms with Crippen molar-refractivity contribution in [2.24, 2.45) is 5.92 Å². The molecule has 2 rings (SSSR count). The van der Waals surface area contributed by atoms with Gasteiger partial charge in [0.2, 0.25) is 0 Å². The van der Waals surface area contributed by atoms with E-state index in [4.69, 9.17) is 0 Å². The van der Waals surface area contributed by atoms with Gasteiger partial charge in [0.1, 0.15) is 0 Å². The number of nitrogens with one attached hydrogen (secondary N) is 2. The summed E-state index contributed by atoms with van der Waals surface area (Å²) in [6.45, 7) is 9.22. The summed E-state index contributed by atoms with van der Waals surface area (Å²) in [6, 6.07) is 2.14. The molecule has 0 bridgehead atoms. The molecule has 1 aromatic rings. The van der Waals surface area contributed by atoms with Crippen molar-refractivity contribution in [2.75, 3.05) is 44.6 Å². The number of halogens is 1. The Labute approximate surface area is 116 Å². The molecule has 0 aromatic carbocycles. The van der Waals surface area contributed by atoms with Crippen LogP contribution in [0.25, 0.3) is 0 Å². The lowest BCUT2D eigenvalue weighted by Crippen LogP contribution is -2.45. The quantitative estimate of drug-likeness (QED) is 0.873. The second-order valence-electron chi connectivity index (χ2n) is 4.67. The Hall–Kier alpha value is -0.100. The van der Waals surface area contributed by atoms with Gasteiger partial charge in [0.05, 0.1) is 5.00 Å². The molecule has 2 heterocycles. The maximum Gasteiger partial charge on any atom is 0.0894 e. The second kappa shape index (κ2) is 6.73. The molecule has 1 aliphatic rings. The predicted molar refractivity (Wildman–Crippen MR) is 79.0 cm³/mol. The molecule has 2 N–H and O–H groups in total. The van der Waals surface area contributed by atoms with Crippen LogP contribution in [0, 0.1) is 5.92 Å². The van der Waals surface area contributed by atoms with Gasteiger partial charge < -0.3 is 15.5 Å². The molecule has 0 spiro atoms. The molecule has 0 saturated carbocycles. The normalized spacial score (nSPS) is 19.2. The molecule has 1 fully saturated rings. The van der Waals surface area contributed by atoms with Crippen LogP contribution in [0.3, 0.4) is 0 Å². The zero-order valence-electron chi connectivity index (χ0n) is 10.2. The number of piperazine rings is 1. The lowest BCUT2D eigenvalue weighted by atomic mass is 10.1. The van der Waals surface area contributed by atoms with Gasteiger partial charge in [-0.1, -0.05) is 6.92 Å². The third-order valence-electron chi connectivity index (χ3n) is 2.97. The zero-order chi connectivity index (χ0) is 12.1. The molecule has 1 aromatic heterocycles. The Morgan fingerprint density at radius 1 is 1.53 bits per heavy atom. The molecule has 17 heavy (non-hydrogen) atoms. The molecule has 1 atom stereocenters. The monoisotopic (exact) mass is 317 g/mol. The molecule has 5 heteroatoms. The van der Waals surface area contributed by atoms with Crippen LogP contribution in [-0.2, 0) is 0 Å². The van der Waals surface area contributed by atoms with E-state index in [0.717, 1.165) is 19.6 Å². The minimum Gasteiger partial charge on any atom is -0.377 e. The fourth-order valence-electron chi connectivity index (χ4n) is 2.08. The van der Waals surface area contributed by atoms with E-state index < -0.39 is 0 Å². The Morgan fingerprint density at radius 2 is 2.29 bits per heavy atom. The summed E-state index contributed by atoms with van der Waals surface area (Å²) in [5, 5.41) is 10.3. The fraction of sp³-hybridized carbons (Fsp3) is 0.667. The minimum absolute atomic E-state index is 0.689. The number of hydrogen-bond acceptors (Lipinski definition) is 4. The van der Waals surface area contributed by atoms with Crippen molar-refractivity contribution in [3.05, 3.63) is 15.9 Å². The topological polar surface area (TPSA) is 27.3 Å². The summed E-state index contributed by atoms with van der Waals surface area (Å²) in [4.78, 5) is 2.55. The molecular formula is C12H20BrN3S. The van der Waals surface area contributed by atoms with Crippen molar-refractivity contribution in [2.45, 2.75) is 6.92 Å². The smallest absolute Gasteiger partial charge is 0.0894 e. The van der Waals surface area contributed by atoms with E-state index in [-0.39, 0.29) is 0 Å². The Kier molecular flexibility index (Phi) is 5.28. The highest BCUT2D eigenvalue weighted by Gasteiger charge is 2.12. The van der Waals surface area contributed by atoms with E-state index in [0.29, 0.717) is 5.92 Å². The van der Waals surface area contributed by atoms with Crippen LogP contribution >= 0.6 is 27.3 Å². The van der Waals surface area contributed by atoms with E-state index in [9.17, 15) is 0 Å². The van der Waals surface area contributed by atoms with E-state index in [1.165, 1.54) is 29.1 Å². The SMILES string of the molecule is CC(CNc1cc(Br)cs1)CN1CCNCC1. The third kappa shape index (κ3) is 4.58. The number of thiophene rings is 1. The average Bonchev–Trinajstić information content (AvgIpc) is 2.74. The number of anilines is 1. The van der Waals surface area contributed by atoms with Crippen molar-refractivity contribution in [1.29, 1.82) is 0 Å². The Bertz CT molecular complexity index is 336. The van der Waals surface area contributed by atoms with Crippen molar-refractivity contribution >= 4 is 32.3 Å². The summed E-state index contributed by atoms with van der Waals surface area (Å²) in [7, 11) is 0. The maximum absolute atomic E-state index is 3.50. The number of hydrogen-bond donors (Lipinski definition) is 2. The van der Waals surface area contributed by atoms with Crippen LogP contribution in [0.1, 0.15) is 6.92 Å². The van der Waals surface area contributed by atoms with E-state index >= 15 is 0 Å². The summed E-state index contributed by atoms with van der Waals surface area (Å²) in [6.07, 6.45) is 0. The zero-order valence-corrected chi connectivity index (χ0v) is 12.6. The van der Waals surface area contributed by atoms with Crippen LogP contribution < -0.4 is 10.6 Å². The standard InChI is InChI=1S/C12H20BrN3S/c1-10(8-16-4-2-14-3-5-16)7-15-12-6-11(13)9-17-12/h6,9-10,14-15H,2-5,7-8H2,1H3. The molecule has 3 nitrogen and oxygen atoms in total. The molecule has 0 amide bonds. The highest BCUT2D eigenvalue weighted by Crippen LogP contribution is 2.24. The van der Waals surface area contributed by atoms with Crippen LogP contribution in [0.5, 0.6) is 0 Å². The number of nitrogens with zero attached hydrogens (tertiary/aromatic N) is 1. The summed E-state index contributed by atoms with van der Waals surface area (Å²) in [5.41, 5.74) is 0. The van der Waals surface area contributed by atoms with Crippen molar-refractivity contribution < 1.29 is 0 Å². The summed E-state index contributed by atoms with van der Waals surface area (Å²) < 4.78 is 1.17. The largest absolute Gasteiger partial charge is 0.377 e. The highest BCUT2D eigenvalue weighted by atomic mass is 79.9. The molecule has 0 aliphatic carbocycles. The second-order valence-corrected chi connectivity index (χ2v) is 6.49. The van der Waals surface area contributed by atoms with Crippen molar-refractivity contribution in [3.8, 4) is 0 Å². The first-order chi connectivity index (χ1) is 8.24. The predicted octanol–water partition coefficient (Wildman–Crippen LogP) is 2.46. The Balaban J connectivity index is 1.68. The van der Waals surface area contributed by atoms with Gasteiger partial charge in [-0.3, -0.25) is 0 Å². The van der Waals surface area contributed by atoms with Crippen LogP contribution in [0.4, 0.5) is 5.00 Å². The molecular weight excluding hydrogens is 298 g/mol. The first kappa shape index (κ1) is 13.3. The molecule has 0 radical (unpaired) electrons. The highest BCUT2D eigenvalue weighted by molar-refractivity contribution is 9.10. The number of rotatable bonds is 5. The summed E-state index contributed by atoms with van der Waals surface area (Å²) >= 11 is 5.23. The van der Waals surface area contributed by atoms with Crippen LogP contribution in [-0.4, -0.2) is 44.2 Å². The van der Waals surface area contributed by atoms with E-state index in [1.807, 2.05) is 0 Å². The lowest BCUT2D eigenvalue weighted by molar-refractivity contribution is 0.215. The fourth-order valence-corrected chi connectivity index (χ4v) is 3.41. The molecule has 1 saturated heterocycles. The van der Waals surface area contributed by atoms with Gasteiger partial charge in [-0.25, -0.2) is 0 Å². The van der Waals surface area contributed by atoms with Crippen LogP contribution in [0.15, 0.2) is 15.9 Å². The molecule has 1 aliphatic heterocycles. The molecule has 1 unspecified atom stereocenters. The van der Waals surface area contributed by atoms with Gasteiger partial charge in [-0.05, 0) is 27.9 Å². The van der Waals surface area contributed by atoms with E-state index in [2.05, 4.69) is 49.8 Å². The lowest BCUT2D eigenvalue weighted by Gasteiger charge is -2.29. The van der Waals surface area contributed by atoms with Gasteiger partial charge >= 0.3 is 0 Å². The van der Waals surface area contributed by atoms with Gasteiger partial charge in [-0.2, -0.15) is 0 Å². The first-order valence-corrected chi connectivity index (χ1v) is 7.82. The van der Waals surface area contributed by atoms with Crippen molar-refractivity contribution in [3.63, 3.8) is 0 Å². The average molecular weight is 318 g/mol. The third-order valence-corrected chi connectivity index (χ3v) is 4.62. The van der Waals surface area contributed by atoms with Crippen molar-refractivity contribution in [1.82, 2.24) is 10.2 Å². The van der Waals surface area contributed by atoms with Crippen LogP contribution in [0.2, 0.25) is 0 Å². The van der Waals surface area contributed by atoms with Gasteiger partial charge in [0, 0.05) is 49.1 Å². The van der Waals surface area contributed by atoms with Gasteiger partial charge in [-0.15, -0.1) is 11.3 Å².